The molecule has 4 nitrogen and oxygen atoms in total. The molecule has 0 aliphatic carbocycles. The van der Waals surface area contributed by atoms with Crippen LogP contribution in [0, 0.1) is 0 Å². The van der Waals surface area contributed by atoms with Gasteiger partial charge in [0.2, 0.25) is 0 Å². The second kappa shape index (κ2) is 6.70. The number of pyridine rings is 1. The molecule has 0 saturated heterocycles. The Bertz CT molecular complexity index is 503. The smallest absolute Gasteiger partial charge is 0.317 e. The number of nitrogens with zero attached hydrogens (tertiary/aromatic N) is 2. The molecular weight excluding hydrogens is 250 g/mol. The zero-order valence-corrected chi connectivity index (χ0v) is 11.8. The van der Waals surface area contributed by atoms with Gasteiger partial charge in [-0.2, -0.15) is 0 Å². The summed E-state index contributed by atoms with van der Waals surface area (Å²) in [6.45, 7) is 2.51. The lowest BCUT2D eigenvalue weighted by molar-refractivity contribution is 0.198. The number of carbonyl (C=O) groups is 1. The predicted octanol–water partition coefficient (Wildman–Crippen LogP) is 2.83. The van der Waals surface area contributed by atoms with Crippen LogP contribution in [0.2, 0.25) is 0 Å². The minimum atomic E-state index is -0.191. The second-order valence-electron chi connectivity index (χ2n) is 4.51. The molecule has 1 N–H and O–H groups in total. The summed E-state index contributed by atoms with van der Waals surface area (Å²) >= 11 is 0. The molecule has 0 aliphatic heterocycles. The van der Waals surface area contributed by atoms with Gasteiger partial charge in [-0.1, -0.05) is 36.4 Å². The molecule has 20 heavy (non-hydrogen) atoms. The van der Waals surface area contributed by atoms with Crippen LogP contribution in [0.5, 0.6) is 0 Å². The first kappa shape index (κ1) is 14.1. The van der Waals surface area contributed by atoms with Crippen molar-refractivity contribution in [1.82, 2.24) is 15.2 Å². The molecule has 4 heteroatoms. The maximum absolute atomic E-state index is 12.1. The first-order valence-electron chi connectivity index (χ1n) is 6.70. The van der Waals surface area contributed by atoms with Crippen LogP contribution in [-0.2, 0) is 0 Å². The van der Waals surface area contributed by atoms with Crippen LogP contribution in [0.3, 0.4) is 0 Å². The molecule has 1 heterocycles. The second-order valence-corrected chi connectivity index (χ2v) is 4.51. The Balaban J connectivity index is 2.37. The van der Waals surface area contributed by atoms with Gasteiger partial charge in [0.25, 0.3) is 0 Å². The van der Waals surface area contributed by atoms with Gasteiger partial charge in [-0.15, -0.1) is 0 Å². The zero-order chi connectivity index (χ0) is 14.4. The van der Waals surface area contributed by atoms with E-state index < -0.39 is 0 Å². The van der Waals surface area contributed by atoms with Gasteiger partial charge in [0, 0.05) is 19.8 Å². The van der Waals surface area contributed by atoms with E-state index in [2.05, 4.69) is 10.3 Å². The molecule has 2 amide bonds. The number of urea groups is 1. The normalized spacial score (nSPS) is 11.7. The monoisotopic (exact) mass is 269 g/mol. The number of aromatic nitrogens is 1. The van der Waals surface area contributed by atoms with E-state index >= 15 is 0 Å². The molecule has 1 aromatic heterocycles. The lowest BCUT2D eigenvalue weighted by Gasteiger charge is -2.28. The molecule has 0 aliphatic rings. The highest BCUT2D eigenvalue weighted by Crippen LogP contribution is 2.25. The van der Waals surface area contributed by atoms with Gasteiger partial charge in [0.15, 0.2) is 0 Å². The van der Waals surface area contributed by atoms with E-state index in [0.29, 0.717) is 6.54 Å². The Morgan fingerprint density at radius 2 is 1.90 bits per heavy atom. The first-order valence-corrected chi connectivity index (χ1v) is 6.70. The first-order chi connectivity index (χ1) is 9.74. The van der Waals surface area contributed by atoms with E-state index in [1.807, 2.05) is 55.5 Å². The predicted molar refractivity (Wildman–Crippen MR) is 79.4 cm³/mol. The maximum Gasteiger partial charge on any atom is 0.317 e. The van der Waals surface area contributed by atoms with Crippen molar-refractivity contribution in [2.24, 2.45) is 0 Å². The number of rotatable bonds is 4. The van der Waals surface area contributed by atoms with Crippen LogP contribution in [0.4, 0.5) is 4.79 Å². The molecule has 0 bridgehead atoms. The van der Waals surface area contributed by atoms with Crippen molar-refractivity contribution < 1.29 is 4.79 Å². The maximum atomic E-state index is 12.1. The third kappa shape index (κ3) is 3.15. The fraction of sp³-hybridized carbons (Fsp3) is 0.250. The Morgan fingerprint density at radius 1 is 1.20 bits per heavy atom. The number of hydrogen-bond donors (Lipinski definition) is 1. The SMILES string of the molecule is CCNC(=O)N(C)[C@H](c1ccccc1)c1ccccn1. The van der Waals surface area contributed by atoms with Gasteiger partial charge in [0.05, 0.1) is 5.69 Å². The number of amides is 2. The average molecular weight is 269 g/mol. The summed E-state index contributed by atoms with van der Waals surface area (Å²) in [5.74, 6) is 0. The van der Waals surface area contributed by atoms with Crippen LogP contribution in [-0.4, -0.2) is 29.5 Å². The lowest BCUT2D eigenvalue weighted by atomic mass is 10.0. The van der Waals surface area contributed by atoms with E-state index in [4.69, 9.17) is 0 Å². The van der Waals surface area contributed by atoms with Gasteiger partial charge >= 0.3 is 6.03 Å². The standard InChI is InChI=1S/C16H19N3O/c1-3-17-16(20)19(2)15(13-9-5-4-6-10-13)14-11-7-8-12-18-14/h4-12,15H,3H2,1-2H3,(H,17,20)/t15-/m1/s1. The topological polar surface area (TPSA) is 45.2 Å². The van der Waals surface area contributed by atoms with Crippen molar-refractivity contribution in [3.05, 3.63) is 66.0 Å². The quantitative estimate of drug-likeness (QED) is 0.927. The summed E-state index contributed by atoms with van der Waals surface area (Å²) in [5, 5.41) is 2.82. The average Bonchev–Trinajstić information content (AvgIpc) is 2.50. The summed E-state index contributed by atoms with van der Waals surface area (Å²) in [7, 11) is 1.79. The van der Waals surface area contributed by atoms with E-state index in [9.17, 15) is 4.79 Å². The third-order valence-electron chi connectivity index (χ3n) is 3.12. The van der Waals surface area contributed by atoms with Crippen molar-refractivity contribution in [1.29, 1.82) is 0 Å². The van der Waals surface area contributed by atoms with E-state index in [0.717, 1.165) is 11.3 Å². The molecule has 1 aromatic carbocycles. The molecule has 2 aromatic rings. The fourth-order valence-corrected chi connectivity index (χ4v) is 2.16. The molecule has 1 atom stereocenters. The lowest BCUT2D eigenvalue weighted by Crippen LogP contribution is -2.40. The minimum Gasteiger partial charge on any atom is -0.338 e. The zero-order valence-electron chi connectivity index (χ0n) is 11.8. The fourth-order valence-electron chi connectivity index (χ4n) is 2.16. The van der Waals surface area contributed by atoms with E-state index in [1.54, 1.807) is 18.1 Å². The molecular formula is C16H19N3O. The molecule has 0 unspecified atom stereocenters. The van der Waals surface area contributed by atoms with Crippen LogP contribution in [0.1, 0.15) is 24.2 Å². The summed E-state index contributed by atoms with van der Waals surface area (Å²) in [6.07, 6.45) is 1.75. The Kier molecular flexibility index (Phi) is 4.71. The Morgan fingerprint density at radius 3 is 2.50 bits per heavy atom. The van der Waals surface area contributed by atoms with Crippen LogP contribution >= 0.6 is 0 Å². The van der Waals surface area contributed by atoms with Crippen molar-refractivity contribution in [2.45, 2.75) is 13.0 Å². The minimum absolute atomic E-state index is 0.105. The molecule has 0 radical (unpaired) electrons. The highest BCUT2D eigenvalue weighted by Gasteiger charge is 2.23. The summed E-state index contributed by atoms with van der Waals surface area (Å²) in [5.41, 5.74) is 1.90. The number of benzene rings is 1. The summed E-state index contributed by atoms with van der Waals surface area (Å²) in [4.78, 5) is 18.2. The van der Waals surface area contributed by atoms with Gasteiger partial charge < -0.3 is 10.2 Å². The molecule has 0 spiro atoms. The van der Waals surface area contributed by atoms with E-state index in [-0.39, 0.29) is 12.1 Å². The Hall–Kier alpha value is -2.36. The van der Waals surface area contributed by atoms with Gasteiger partial charge in [-0.05, 0) is 24.6 Å². The number of nitrogens with one attached hydrogen (secondary N) is 1. The molecule has 0 fully saturated rings. The summed E-state index contributed by atoms with van der Waals surface area (Å²) in [6, 6.07) is 15.4. The highest BCUT2D eigenvalue weighted by molar-refractivity contribution is 5.74. The number of carbonyl (C=O) groups excluding carboxylic acids is 1. The van der Waals surface area contributed by atoms with Gasteiger partial charge in [-0.25, -0.2) is 4.79 Å². The molecule has 0 saturated carbocycles. The third-order valence-corrected chi connectivity index (χ3v) is 3.12. The van der Waals surface area contributed by atoms with Crippen molar-refractivity contribution in [3.63, 3.8) is 0 Å². The highest BCUT2D eigenvalue weighted by atomic mass is 16.2. The molecule has 104 valence electrons. The van der Waals surface area contributed by atoms with Crippen LogP contribution in [0.15, 0.2) is 54.7 Å². The largest absolute Gasteiger partial charge is 0.338 e. The molecule has 2 rings (SSSR count). The van der Waals surface area contributed by atoms with Crippen molar-refractivity contribution in [2.75, 3.05) is 13.6 Å². The van der Waals surface area contributed by atoms with Crippen molar-refractivity contribution in [3.8, 4) is 0 Å². The van der Waals surface area contributed by atoms with Crippen LogP contribution < -0.4 is 5.32 Å². The Labute approximate surface area is 119 Å². The summed E-state index contributed by atoms with van der Waals surface area (Å²) < 4.78 is 0. The van der Waals surface area contributed by atoms with Gasteiger partial charge in [-0.3, -0.25) is 4.98 Å². The van der Waals surface area contributed by atoms with Crippen molar-refractivity contribution >= 4 is 6.03 Å². The van der Waals surface area contributed by atoms with E-state index in [1.165, 1.54) is 0 Å². The number of hydrogen-bond acceptors (Lipinski definition) is 2. The van der Waals surface area contributed by atoms with Gasteiger partial charge in [0.1, 0.15) is 6.04 Å². The van der Waals surface area contributed by atoms with Crippen LogP contribution in [0.25, 0.3) is 0 Å².